The van der Waals surface area contributed by atoms with Crippen LogP contribution >= 0.6 is 0 Å². The van der Waals surface area contributed by atoms with E-state index in [1.54, 1.807) is 0 Å². The number of carbonyl (C=O) groups excluding carboxylic acids is 1. The van der Waals surface area contributed by atoms with Gasteiger partial charge < -0.3 is 4.90 Å². The summed E-state index contributed by atoms with van der Waals surface area (Å²) in [6, 6.07) is 10.2. The van der Waals surface area contributed by atoms with Crippen molar-refractivity contribution in [3.8, 4) is 0 Å². The van der Waals surface area contributed by atoms with Crippen LogP contribution in [0.2, 0.25) is 0 Å². The topological polar surface area (TPSA) is 20.3 Å². The summed E-state index contributed by atoms with van der Waals surface area (Å²) in [4.78, 5) is 14.5. The van der Waals surface area contributed by atoms with Crippen molar-refractivity contribution in [2.24, 2.45) is 5.92 Å². The maximum absolute atomic E-state index is 12.6. The summed E-state index contributed by atoms with van der Waals surface area (Å²) < 4.78 is 0. The van der Waals surface area contributed by atoms with E-state index in [4.69, 9.17) is 0 Å². The number of nitrogens with zero attached hydrogens (tertiary/aromatic N) is 1. The molecule has 1 aliphatic rings. The second kappa shape index (κ2) is 7.13. The zero-order chi connectivity index (χ0) is 13.5. The van der Waals surface area contributed by atoms with Crippen LogP contribution < -0.4 is 0 Å². The maximum Gasteiger partial charge on any atom is 0.226 e. The number of benzene rings is 1. The fourth-order valence-electron chi connectivity index (χ4n) is 2.80. The third-order valence-electron chi connectivity index (χ3n) is 3.83. The molecule has 0 aromatic heterocycles. The van der Waals surface area contributed by atoms with Crippen molar-refractivity contribution in [3.05, 3.63) is 48.6 Å². The molecule has 1 saturated carbocycles. The van der Waals surface area contributed by atoms with Gasteiger partial charge in [-0.25, -0.2) is 0 Å². The first-order valence-electron chi connectivity index (χ1n) is 7.25. The Labute approximate surface area is 116 Å². The van der Waals surface area contributed by atoms with Crippen molar-refractivity contribution in [1.82, 2.24) is 4.90 Å². The van der Waals surface area contributed by atoms with E-state index >= 15 is 0 Å². The molecule has 0 spiro atoms. The van der Waals surface area contributed by atoms with Crippen LogP contribution in [0, 0.1) is 5.92 Å². The summed E-state index contributed by atoms with van der Waals surface area (Å²) in [5, 5.41) is 0. The van der Waals surface area contributed by atoms with E-state index in [1.165, 1.54) is 24.8 Å². The van der Waals surface area contributed by atoms with E-state index in [9.17, 15) is 4.79 Å². The molecule has 0 aliphatic heterocycles. The Morgan fingerprint density at radius 3 is 2.53 bits per heavy atom. The van der Waals surface area contributed by atoms with Gasteiger partial charge in [0.25, 0.3) is 0 Å². The zero-order valence-corrected chi connectivity index (χ0v) is 11.6. The van der Waals surface area contributed by atoms with Crippen molar-refractivity contribution in [2.75, 3.05) is 6.54 Å². The molecule has 0 atom stereocenters. The molecule has 0 saturated heterocycles. The first-order valence-corrected chi connectivity index (χ1v) is 7.25. The van der Waals surface area contributed by atoms with Gasteiger partial charge in [-0.1, -0.05) is 55.7 Å². The van der Waals surface area contributed by atoms with Crippen molar-refractivity contribution in [2.45, 2.75) is 38.6 Å². The lowest BCUT2D eigenvalue weighted by Gasteiger charge is -2.28. The molecule has 1 aliphatic carbocycles. The molecule has 0 bridgehead atoms. The van der Waals surface area contributed by atoms with Crippen LogP contribution in [-0.4, -0.2) is 17.4 Å². The predicted molar refractivity (Wildman–Crippen MR) is 78.6 cm³/mol. The lowest BCUT2D eigenvalue weighted by atomic mass is 9.88. The fourth-order valence-corrected chi connectivity index (χ4v) is 2.80. The largest absolute Gasteiger partial charge is 0.334 e. The van der Waals surface area contributed by atoms with E-state index < -0.39 is 0 Å². The normalized spacial score (nSPS) is 16.0. The average Bonchev–Trinajstić information content (AvgIpc) is 2.48. The minimum absolute atomic E-state index is 0.234. The molecule has 0 heterocycles. The Morgan fingerprint density at radius 1 is 1.21 bits per heavy atom. The van der Waals surface area contributed by atoms with Crippen LogP contribution in [0.4, 0.5) is 0 Å². The predicted octanol–water partition coefficient (Wildman–Crippen LogP) is 3.78. The molecule has 1 amide bonds. The van der Waals surface area contributed by atoms with Crippen molar-refractivity contribution in [1.29, 1.82) is 0 Å². The highest BCUT2D eigenvalue weighted by Crippen LogP contribution is 2.26. The Kier molecular flexibility index (Phi) is 5.20. The van der Waals surface area contributed by atoms with Crippen LogP contribution in [0.1, 0.15) is 37.7 Å². The molecule has 2 rings (SSSR count). The quantitative estimate of drug-likeness (QED) is 0.735. The summed E-state index contributed by atoms with van der Waals surface area (Å²) >= 11 is 0. The molecule has 1 aromatic carbocycles. The number of amides is 1. The van der Waals surface area contributed by atoms with Gasteiger partial charge in [0.15, 0.2) is 0 Å². The van der Waals surface area contributed by atoms with Gasteiger partial charge in [-0.15, -0.1) is 6.58 Å². The Balaban J connectivity index is 2.02. The van der Waals surface area contributed by atoms with Gasteiger partial charge in [-0.3, -0.25) is 4.79 Å². The van der Waals surface area contributed by atoms with Gasteiger partial charge in [0.2, 0.25) is 5.91 Å². The Bertz CT molecular complexity index is 407. The summed E-state index contributed by atoms with van der Waals surface area (Å²) in [5.74, 6) is 0.542. The standard InChI is InChI=1S/C17H23NO/c1-2-13-18(14-15-9-5-3-6-10-15)17(19)16-11-7-4-8-12-16/h2-3,5-6,9-10,16H,1,4,7-8,11-14H2. The number of hydrogen-bond acceptors (Lipinski definition) is 1. The molecule has 102 valence electrons. The molecule has 0 unspecified atom stereocenters. The molecule has 2 nitrogen and oxygen atoms in total. The molecule has 2 heteroatoms. The van der Waals surface area contributed by atoms with Gasteiger partial charge in [0.05, 0.1) is 0 Å². The lowest BCUT2D eigenvalue weighted by Crippen LogP contribution is -2.36. The van der Waals surface area contributed by atoms with Gasteiger partial charge in [-0.2, -0.15) is 0 Å². The van der Waals surface area contributed by atoms with E-state index in [-0.39, 0.29) is 5.92 Å². The number of rotatable bonds is 5. The van der Waals surface area contributed by atoms with Crippen molar-refractivity contribution >= 4 is 5.91 Å². The van der Waals surface area contributed by atoms with E-state index in [0.29, 0.717) is 19.0 Å². The summed E-state index contributed by atoms with van der Waals surface area (Å²) in [5.41, 5.74) is 1.19. The van der Waals surface area contributed by atoms with Crippen LogP contribution in [0.25, 0.3) is 0 Å². The van der Waals surface area contributed by atoms with Crippen LogP contribution in [0.3, 0.4) is 0 Å². The monoisotopic (exact) mass is 257 g/mol. The van der Waals surface area contributed by atoms with E-state index in [2.05, 4.69) is 18.7 Å². The molecular weight excluding hydrogens is 234 g/mol. The van der Waals surface area contributed by atoms with Gasteiger partial charge in [0.1, 0.15) is 0 Å². The lowest BCUT2D eigenvalue weighted by molar-refractivity contribution is -0.136. The maximum atomic E-state index is 12.6. The summed E-state index contributed by atoms with van der Waals surface area (Å²) in [6.07, 6.45) is 7.61. The highest BCUT2D eigenvalue weighted by atomic mass is 16.2. The first-order chi connectivity index (χ1) is 9.31. The zero-order valence-electron chi connectivity index (χ0n) is 11.6. The van der Waals surface area contributed by atoms with Crippen LogP contribution in [0.15, 0.2) is 43.0 Å². The molecule has 0 radical (unpaired) electrons. The summed E-state index contributed by atoms with van der Waals surface area (Å²) in [6.45, 7) is 5.12. The smallest absolute Gasteiger partial charge is 0.226 e. The molecule has 19 heavy (non-hydrogen) atoms. The van der Waals surface area contributed by atoms with Crippen molar-refractivity contribution < 1.29 is 4.79 Å². The second-order valence-corrected chi connectivity index (χ2v) is 5.33. The second-order valence-electron chi connectivity index (χ2n) is 5.33. The molecule has 0 N–H and O–H groups in total. The number of carbonyl (C=O) groups is 1. The molecule has 1 aromatic rings. The number of hydrogen-bond donors (Lipinski definition) is 0. The summed E-state index contributed by atoms with van der Waals surface area (Å²) in [7, 11) is 0. The third-order valence-corrected chi connectivity index (χ3v) is 3.83. The van der Waals surface area contributed by atoms with Crippen LogP contribution in [-0.2, 0) is 11.3 Å². The highest BCUT2D eigenvalue weighted by molar-refractivity contribution is 5.79. The first kappa shape index (κ1) is 13.9. The van der Waals surface area contributed by atoms with Crippen LogP contribution in [0.5, 0.6) is 0 Å². The van der Waals surface area contributed by atoms with Gasteiger partial charge >= 0.3 is 0 Å². The SMILES string of the molecule is C=CCN(Cc1ccccc1)C(=O)C1CCCCC1. The minimum Gasteiger partial charge on any atom is -0.334 e. The van der Waals surface area contributed by atoms with E-state index in [0.717, 1.165) is 12.8 Å². The minimum atomic E-state index is 0.234. The fraction of sp³-hybridized carbons (Fsp3) is 0.471. The van der Waals surface area contributed by atoms with E-state index in [1.807, 2.05) is 29.2 Å². The highest BCUT2D eigenvalue weighted by Gasteiger charge is 2.25. The average molecular weight is 257 g/mol. The Hall–Kier alpha value is -1.57. The molecule has 1 fully saturated rings. The van der Waals surface area contributed by atoms with Gasteiger partial charge in [0, 0.05) is 19.0 Å². The van der Waals surface area contributed by atoms with Gasteiger partial charge in [-0.05, 0) is 18.4 Å². The Morgan fingerprint density at radius 2 is 1.89 bits per heavy atom. The van der Waals surface area contributed by atoms with Crippen molar-refractivity contribution in [3.63, 3.8) is 0 Å². The third kappa shape index (κ3) is 3.95. The molecular formula is C17H23NO.